The highest BCUT2D eigenvalue weighted by molar-refractivity contribution is 6.31. The van der Waals surface area contributed by atoms with E-state index in [9.17, 15) is 4.79 Å². The van der Waals surface area contributed by atoms with Gasteiger partial charge in [0, 0.05) is 16.8 Å². The number of anilines is 1. The highest BCUT2D eigenvalue weighted by Gasteiger charge is 2.17. The first kappa shape index (κ1) is 17.2. The molecule has 0 radical (unpaired) electrons. The Hall–Kier alpha value is -3.18. The first-order valence-electron chi connectivity index (χ1n) is 8.36. The van der Waals surface area contributed by atoms with E-state index in [2.05, 4.69) is 5.32 Å². The molecule has 1 amide bonds. The molecule has 3 aromatic rings. The van der Waals surface area contributed by atoms with E-state index in [1.54, 1.807) is 36.4 Å². The second-order valence-electron chi connectivity index (χ2n) is 5.94. The molecular formula is C21H16ClNO4. The Morgan fingerprint density at radius 3 is 2.67 bits per heavy atom. The van der Waals surface area contributed by atoms with Gasteiger partial charge in [-0.1, -0.05) is 41.9 Å². The van der Waals surface area contributed by atoms with Crippen LogP contribution in [0.15, 0.2) is 66.7 Å². The second kappa shape index (κ2) is 7.60. The predicted octanol–water partition coefficient (Wildman–Crippen LogP) is 4.90. The van der Waals surface area contributed by atoms with Crippen molar-refractivity contribution in [2.24, 2.45) is 0 Å². The van der Waals surface area contributed by atoms with Gasteiger partial charge in [0.2, 0.25) is 6.79 Å². The van der Waals surface area contributed by atoms with Crippen molar-refractivity contribution in [1.82, 2.24) is 0 Å². The number of carbonyl (C=O) groups is 1. The van der Waals surface area contributed by atoms with Gasteiger partial charge in [0.25, 0.3) is 5.91 Å². The Labute approximate surface area is 161 Å². The molecule has 1 N–H and O–H groups in total. The molecule has 0 atom stereocenters. The Kier molecular flexibility index (Phi) is 4.85. The lowest BCUT2D eigenvalue weighted by atomic mass is 10.1. The maximum atomic E-state index is 12.8. The van der Waals surface area contributed by atoms with Gasteiger partial charge < -0.3 is 19.5 Å². The average Bonchev–Trinajstić information content (AvgIpc) is 3.15. The monoisotopic (exact) mass is 381 g/mol. The van der Waals surface area contributed by atoms with Crippen LogP contribution in [0, 0.1) is 0 Å². The fourth-order valence-electron chi connectivity index (χ4n) is 2.71. The number of benzene rings is 3. The van der Waals surface area contributed by atoms with Crippen LogP contribution in [0.1, 0.15) is 15.9 Å². The van der Waals surface area contributed by atoms with Gasteiger partial charge in [-0.15, -0.1) is 0 Å². The molecule has 1 aliphatic heterocycles. The topological polar surface area (TPSA) is 56.8 Å². The van der Waals surface area contributed by atoms with Crippen LogP contribution >= 0.6 is 11.6 Å². The maximum Gasteiger partial charge on any atom is 0.259 e. The van der Waals surface area contributed by atoms with Gasteiger partial charge in [-0.25, -0.2) is 0 Å². The summed E-state index contributed by atoms with van der Waals surface area (Å²) in [6.07, 6.45) is 0. The first-order valence-corrected chi connectivity index (χ1v) is 8.74. The predicted molar refractivity (Wildman–Crippen MR) is 103 cm³/mol. The van der Waals surface area contributed by atoms with E-state index in [-0.39, 0.29) is 12.7 Å². The van der Waals surface area contributed by atoms with Crippen LogP contribution < -0.4 is 19.5 Å². The van der Waals surface area contributed by atoms with Crippen molar-refractivity contribution in [3.63, 3.8) is 0 Å². The van der Waals surface area contributed by atoms with Gasteiger partial charge >= 0.3 is 0 Å². The molecule has 0 unspecified atom stereocenters. The summed E-state index contributed by atoms with van der Waals surface area (Å²) in [5, 5.41) is 3.30. The highest BCUT2D eigenvalue weighted by Crippen LogP contribution is 2.34. The molecule has 4 rings (SSSR count). The summed E-state index contributed by atoms with van der Waals surface area (Å²) in [5.74, 6) is 1.39. The molecular weight excluding hydrogens is 366 g/mol. The maximum absolute atomic E-state index is 12.8. The van der Waals surface area contributed by atoms with Gasteiger partial charge in [0.05, 0.1) is 5.56 Å². The van der Waals surface area contributed by atoms with Crippen LogP contribution in [0.5, 0.6) is 17.2 Å². The van der Waals surface area contributed by atoms with Crippen molar-refractivity contribution in [3.8, 4) is 17.2 Å². The number of ether oxygens (including phenoxy) is 3. The Balaban J connectivity index is 1.53. The van der Waals surface area contributed by atoms with Crippen LogP contribution in [0.2, 0.25) is 5.02 Å². The van der Waals surface area contributed by atoms with Crippen molar-refractivity contribution < 1.29 is 19.0 Å². The van der Waals surface area contributed by atoms with Crippen LogP contribution in [-0.4, -0.2) is 12.7 Å². The molecule has 0 saturated carbocycles. The molecule has 1 heterocycles. The first-order chi connectivity index (χ1) is 13.2. The lowest BCUT2D eigenvalue weighted by Gasteiger charge is -2.13. The van der Waals surface area contributed by atoms with Gasteiger partial charge in [0.15, 0.2) is 11.5 Å². The average molecular weight is 382 g/mol. The molecule has 0 saturated heterocycles. The third-order valence-corrected chi connectivity index (χ3v) is 4.29. The van der Waals surface area contributed by atoms with Gasteiger partial charge in [-0.05, 0) is 35.9 Å². The summed E-state index contributed by atoms with van der Waals surface area (Å²) in [4.78, 5) is 12.8. The molecule has 6 heteroatoms. The number of carbonyl (C=O) groups excluding carboxylic acids is 1. The van der Waals surface area contributed by atoms with Gasteiger partial charge in [-0.2, -0.15) is 0 Å². The molecule has 0 fully saturated rings. The van der Waals surface area contributed by atoms with E-state index in [0.29, 0.717) is 40.1 Å². The summed E-state index contributed by atoms with van der Waals surface area (Å²) in [6.45, 7) is 0.533. The fraction of sp³-hybridized carbons (Fsp3) is 0.0952. The SMILES string of the molecule is O=C(Nc1ccc2c(c1)OCO2)c1cc(Cl)ccc1OCc1ccccc1. The van der Waals surface area contributed by atoms with Crippen molar-refractivity contribution >= 4 is 23.2 Å². The number of fused-ring (bicyclic) bond motifs is 1. The van der Waals surface area contributed by atoms with E-state index < -0.39 is 0 Å². The highest BCUT2D eigenvalue weighted by atomic mass is 35.5. The smallest absolute Gasteiger partial charge is 0.259 e. The number of hydrogen-bond acceptors (Lipinski definition) is 4. The van der Waals surface area contributed by atoms with E-state index in [0.717, 1.165) is 5.56 Å². The lowest BCUT2D eigenvalue weighted by molar-refractivity contribution is 0.102. The molecule has 0 spiro atoms. The van der Waals surface area contributed by atoms with Gasteiger partial charge in [0.1, 0.15) is 12.4 Å². The van der Waals surface area contributed by atoms with E-state index in [1.165, 1.54) is 0 Å². The summed E-state index contributed by atoms with van der Waals surface area (Å²) < 4.78 is 16.5. The Bertz CT molecular complexity index is 975. The Morgan fingerprint density at radius 2 is 1.81 bits per heavy atom. The molecule has 0 aliphatic carbocycles. The molecule has 0 bridgehead atoms. The van der Waals surface area contributed by atoms with Crippen molar-refractivity contribution in [2.75, 3.05) is 12.1 Å². The van der Waals surface area contributed by atoms with Crippen molar-refractivity contribution in [3.05, 3.63) is 82.9 Å². The molecule has 0 aromatic heterocycles. The van der Waals surface area contributed by atoms with Crippen LogP contribution in [0.3, 0.4) is 0 Å². The Morgan fingerprint density at radius 1 is 1.00 bits per heavy atom. The second-order valence-corrected chi connectivity index (χ2v) is 6.37. The number of halogens is 1. The molecule has 3 aromatic carbocycles. The van der Waals surface area contributed by atoms with E-state index in [1.807, 2.05) is 30.3 Å². The fourth-order valence-corrected chi connectivity index (χ4v) is 2.89. The van der Waals surface area contributed by atoms with Crippen molar-refractivity contribution in [1.29, 1.82) is 0 Å². The minimum Gasteiger partial charge on any atom is -0.488 e. The third-order valence-electron chi connectivity index (χ3n) is 4.05. The van der Waals surface area contributed by atoms with E-state index in [4.69, 9.17) is 25.8 Å². The zero-order valence-corrected chi connectivity index (χ0v) is 15.0. The van der Waals surface area contributed by atoms with Crippen molar-refractivity contribution in [2.45, 2.75) is 6.61 Å². The van der Waals surface area contributed by atoms with E-state index >= 15 is 0 Å². The minimum absolute atomic E-state index is 0.179. The normalized spacial score (nSPS) is 11.9. The molecule has 1 aliphatic rings. The number of hydrogen-bond donors (Lipinski definition) is 1. The minimum atomic E-state index is -0.320. The van der Waals surface area contributed by atoms with Crippen LogP contribution in [0.4, 0.5) is 5.69 Å². The largest absolute Gasteiger partial charge is 0.488 e. The lowest BCUT2D eigenvalue weighted by Crippen LogP contribution is -2.13. The number of rotatable bonds is 5. The summed E-state index contributed by atoms with van der Waals surface area (Å²) in [6, 6.07) is 19.9. The number of nitrogens with one attached hydrogen (secondary N) is 1. The van der Waals surface area contributed by atoms with Crippen LogP contribution in [-0.2, 0) is 6.61 Å². The zero-order valence-electron chi connectivity index (χ0n) is 14.3. The molecule has 5 nitrogen and oxygen atoms in total. The van der Waals surface area contributed by atoms with Crippen LogP contribution in [0.25, 0.3) is 0 Å². The zero-order chi connectivity index (χ0) is 18.6. The summed E-state index contributed by atoms with van der Waals surface area (Å²) in [5.41, 5.74) is 1.96. The number of amides is 1. The van der Waals surface area contributed by atoms with Gasteiger partial charge in [-0.3, -0.25) is 4.79 Å². The molecule has 27 heavy (non-hydrogen) atoms. The quantitative estimate of drug-likeness (QED) is 0.683. The molecule has 136 valence electrons. The third kappa shape index (κ3) is 3.99. The summed E-state index contributed by atoms with van der Waals surface area (Å²) >= 11 is 6.09. The standard InChI is InChI=1S/C21H16ClNO4/c22-15-6-8-18(25-12-14-4-2-1-3-5-14)17(10-15)21(24)23-16-7-9-19-20(11-16)27-13-26-19/h1-11H,12-13H2,(H,23,24). The summed E-state index contributed by atoms with van der Waals surface area (Å²) in [7, 11) is 0.